The maximum absolute atomic E-state index is 14.9. The summed E-state index contributed by atoms with van der Waals surface area (Å²) in [4.78, 5) is 42.6. The van der Waals surface area contributed by atoms with Crippen molar-refractivity contribution in [2.24, 2.45) is 5.73 Å². The molecule has 0 aliphatic carbocycles. The summed E-state index contributed by atoms with van der Waals surface area (Å²) in [6.07, 6.45) is -6.81. The fourth-order valence-electron chi connectivity index (χ4n) is 6.54. The van der Waals surface area contributed by atoms with Crippen molar-refractivity contribution in [3.05, 3.63) is 129 Å². The number of amides is 4. The lowest BCUT2D eigenvalue weighted by atomic mass is 10.1. The van der Waals surface area contributed by atoms with Gasteiger partial charge in [0.1, 0.15) is 35.6 Å². The minimum absolute atomic E-state index is 0.0240. The Bertz CT molecular complexity index is 2500. The second-order valence-corrected chi connectivity index (χ2v) is 15.1. The first-order valence-electron chi connectivity index (χ1n) is 18.8. The van der Waals surface area contributed by atoms with E-state index in [2.05, 4.69) is 14.6 Å². The Morgan fingerprint density at radius 1 is 0.698 bits per heavy atom. The molecule has 3 heterocycles. The molecule has 4 amide bonds. The van der Waals surface area contributed by atoms with Gasteiger partial charge >= 0.3 is 24.1 Å². The van der Waals surface area contributed by atoms with Crippen LogP contribution in [0, 0.1) is 23.3 Å². The van der Waals surface area contributed by atoms with Crippen LogP contribution in [-0.2, 0) is 19.3 Å². The van der Waals surface area contributed by atoms with Crippen LogP contribution >= 0.6 is 23.2 Å². The van der Waals surface area contributed by atoms with Gasteiger partial charge in [-0.3, -0.25) is 14.6 Å². The first kappa shape index (κ1) is 46.6. The van der Waals surface area contributed by atoms with Gasteiger partial charge in [-0.15, -0.1) is 10.2 Å². The van der Waals surface area contributed by atoms with E-state index in [0.717, 1.165) is 29.2 Å². The Hall–Kier alpha value is -5.86. The number of likely N-dealkylation sites (tertiary alicyclic amines) is 2. The number of Topliss-reactive ketones (excluding diaryl/α,β-unsaturated/α-hetero) is 1. The molecule has 2 saturated heterocycles. The van der Waals surface area contributed by atoms with Crippen LogP contribution in [0.2, 0.25) is 10.0 Å². The van der Waals surface area contributed by atoms with E-state index < -0.39 is 71.4 Å². The minimum atomic E-state index is -4.85. The molecule has 334 valence electrons. The molecule has 2 atom stereocenters. The van der Waals surface area contributed by atoms with Gasteiger partial charge in [0.05, 0.1) is 42.8 Å². The topological polar surface area (TPSA) is 129 Å². The third-order valence-corrected chi connectivity index (χ3v) is 10.5. The van der Waals surface area contributed by atoms with Crippen molar-refractivity contribution in [1.82, 2.24) is 20.0 Å². The summed E-state index contributed by atoms with van der Waals surface area (Å²) in [5.74, 6) is -5.49. The highest BCUT2D eigenvalue weighted by molar-refractivity contribution is 6.31. The number of ketones is 1. The number of carbonyl (C=O) groups is 3. The van der Waals surface area contributed by atoms with Crippen LogP contribution < -0.4 is 15.5 Å². The van der Waals surface area contributed by atoms with Gasteiger partial charge in [0.2, 0.25) is 5.89 Å². The Kier molecular flexibility index (Phi) is 14.6. The zero-order chi connectivity index (χ0) is 45.7. The lowest BCUT2D eigenvalue weighted by Gasteiger charge is -2.28. The fraction of sp³-hybridized carbons (Fsp3) is 0.293. The van der Waals surface area contributed by atoms with E-state index in [9.17, 15) is 53.9 Å². The van der Waals surface area contributed by atoms with E-state index in [0.29, 0.717) is 0 Å². The number of anilines is 2. The monoisotopic (exact) mass is 929 g/mol. The van der Waals surface area contributed by atoms with Gasteiger partial charge in [-0.05, 0) is 67.4 Å². The number of hydrogen-bond donors (Lipinski definition) is 1. The molecule has 0 bridgehead atoms. The molecule has 22 heteroatoms. The molecule has 4 aromatic carbocycles. The van der Waals surface area contributed by atoms with E-state index in [1.807, 2.05) is 0 Å². The molecule has 0 unspecified atom stereocenters. The maximum Gasteiger partial charge on any atom is 0.470 e. The highest BCUT2D eigenvalue weighted by atomic mass is 35.5. The second kappa shape index (κ2) is 19.7. The van der Waals surface area contributed by atoms with Crippen LogP contribution in [0.4, 0.5) is 60.5 Å². The highest BCUT2D eigenvalue weighted by Gasteiger charge is 2.38. The zero-order valence-corrected chi connectivity index (χ0v) is 34.0. The lowest BCUT2D eigenvalue weighted by molar-refractivity contribution is -0.156. The van der Waals surface area contributed by atoms with Gasteiger partial charge in [0.25, 0.3) is 0 Å². The summed E-state index contributed by atoms with van der Waals surface area (Å²) in [6.45, 7) is -0.670. The second-order valence-electron chi connectivity index (χ2n) is 14.2. The number of hydrogen-bond acceptors (Lipinski definition) is 7. The number of urea groups is 2. The predicted molar refractivity (Wildman–Crippen MR) is 213 cm³/mol. The minimum Gasteiger partial charge on any atom is -0.413 e. The SMILES string of the molecule is NCC(=O)c1ccc(CN(C(=O)N2CC[C@H](F)C2)c2ccc(F)c(Cl)c2)c(F)c1.O=C(N1CC[C@H](F)C1)N(Cc1ccc(-c2nnc(C(F)(F)F)o2)cc1F)c1ccc(F)c(Cl)c1. The molecule has 1 aromatic heterocycles. The normalized spacial score (nSPS) is 16.2. The van der Waals surface area contributed by atoms with Crippen molar-refractivity contribution in [3.8, 4) is 11.5 Å². The number of benzene rings is 4. The number of aromatic nitrogens is 2. The molecule has 2 aliphatic rings. The van der Waals surface area contributed by atoms with E-state index >= 15 is 0 Å². The van der Waals surface area contributed by atoms with Crippen LogP contribution in [0.25, 0.3) is 11.5 Å². The van der Waals surface area contributed by atoms with Crippen molar-refractivity contribution in [2.45, 2.75) is 44.5 Å². The van der Waals surface area contributed by atoms with Gasteiger partial charge in [-0.2, -0.15) is 13.2 Å². The molecule has 5 aromatic rings. The molecular weight excluding hydrogens is 896 g/mol. The first-order chi connectivity index (χ1) is 29.8. The first-order valence-corrected chi connectivity index (χ1v) is 19.6. The average molecular weight is 931 g/mol. The van der Waals surface area contributed by atoms with Gasteiger partial charge in [0.15, 0.2) is 5.78 Å². The van der Waals surface area contributed by atoms with E-state index in [4.69, 9.17) is 28.9 Å². The quantitative estimate of drug-likeness (QED) is 0.115. The molecule has 11 nitrogen and oxygen atoms in total. The van der Waals surface area contributed by atoms with Gasteiger partial charge in [0, 0.05) is 46.7 Å². The molecular formula is C41H34Cl2F9N7O4. The van der Waals surface area contributed by atoms with Crippen molar-refractivity contribution >= 4 is 52.4 Å². The third-order valence-electron chi connectivity index (χ3n) is 9.88. The lowest BCUT2D eigenvalue weighted by Crippen LogP contribution is -2.42. The van der Waals surface area contributed by atoms with Crippen molar-refractivity contribution < 1.29 is 58.3 Å². The van der Waals surface area contributed by atoms with Crippen LogP contribution in [0.5, 0.6) is 0 Å². The largest absolute Gasteiger partial charge is 0.470 e. The smallest absolute Gasteiger partial charge is 0.413 e. The van der Waals surface area contributed by atoms with Crippen molar-refractivity contribution in [3.63, 3.8) is 0 Å². The number of halogens is 11. The predicted octanol–water partition coefficient (Wildman–Crippen LogP) is 9.79. The number of nitrogens with zero attached hydrogens (tertiary/aromatic N) is 6. The number of carbonyl (C=O) groups excluding carboxylic acids is 3. The Labute approximate surface area is 362 Å². The Morgan fingerprint density at radius 2 is 1.19 bits per heavy atom. The molecule has 2 N–H and O–H groups in total. The number of alkyl halides is 5. The average Bonchev–Trinajstić information content (AvgIpc) is 4.03. The van der Waals surface area contributed by atoms with Crippen LogP contribution in [0.3, 0.4) is 0 Å². The summed E-state index contributed by atoms with van der Waals surface area (Å²) in [7, 11) is 0. The standard InChI is InChI=1S/C21H15ClF6N4O2.C20H19ClF3N3O2/c22-15-8-14(3-4-16(15)24)32(20(33)31-6-5-13(23)10-31)9-12-2-1-11(7-17(12)25)18-29-30-19(34-18)21(26,27)28;21-16-8-15(3-4-17(16)23)27(20(29)26-6-5-14(22)11-26)10-13-2-1-12(7-18(13)24)19(28)9-25/h1-4,7-8,13H,5-6,9-10H2;1-4,7-8,14H,5-6,9-11,25H2/t13-;14-/m00/s1. The molecule has 7 rings (SSSR count). The molecule has 2 fully saturated rings. The Morgan fingerprint density at radius 3 is 1.59 bits per heavy atom. The molecule has 0 spiro atoms. The van der Waals surface area contributed by atoms with E-state index in [1.165, 1.54) is 63.2 Å². The maximum atomic E-state index is 14.9. The Balaban J connectivity index is 0.000000213. The van der Waals surface area contributed by atoms with Crippen LogP contribution in [0.1, 0.15) is 40.2 Å². The van der Waals surface area contributed by atoms with Crippen LogP contribution in [0.15, 0.2) is 77.2 Å². The number of rotatable bonds is 9. The molecule has 63 heavy (non-hydrogen) atoms. The third kappa shape index (κ3) is 11.2. The van der Waals surface area contributed by atoms with E-state index in [-0.39, 0.29) is 102 Å². The van der Waals surface area contributed by atoms with Gasteiger partial charge < -0.3 is 20.0 Å². The van der Waals surface area contributed by atoms with Crippen LogP contribution in [-0.4, -0.2) is 82.9 Å². The summed E-state index contributed by atoms with van der Waals surface area (Å²) in [5.41, 5.74) is 5.80. The summed E-state index contributed by atoms with van der Waals surface area (Å²) in [6, 6.07) is 13.2. The summed E-state index contributed by atoms with van der Waals surface area (Å²) < 4.78 is 126. The summed E-state index contributed by atoms with van der Waals surface area (Å²) in [5, 5.41) is 5.70. The van der Waals surface area contributed by atoms with E-state index in [1.54, 1.807) is 0 Å². The fourth-order valence-corrected chi connectivity index (χ4v) is 6.89. The number of nitrogens with two attached hydrogens (primary N) is 1. The molecule has 0 radical (unpaired) electrons. The van der Waals surface area contributed by atoms with Crippen molar-refractivity contribution in [1.29, 1.82) is 0 Å². The zero-order valence-electron chi connectivity index (χ0n) is 32.5. The van der Waals surface area contributed by atoms with Gasteiger partial charge in [-0.1, -0.05) is 41.4 Å². The highest BCUT2D eigenvalue weighted by Crippen LogP contribution is 2.33. The van der Waals surface area contributed by atoms with Crippen molar-refractivity contribution in [2.75, 3.05) is 42.5 Å². The summed E-state index contributed by atoms with van der Waals surface area (Å²) >= 11 is 11.7. The molecule has 2 aliphatic heterocycles. The van der Waals surface area contributed by atoms with Gasteiger partial charge in [-0.25, -0.2) is 35.9 Å². The molecule has 0 saturated carbocycles.